The topological polar surface area (TPSA) is 98.8 Å². The van der Waals surface area contributed by atoms with Crippen LogP contribution >= 0.6 is 0 Å². The average molecular weight is 408 g/mol. The van der Waals surface area contributed by atoms with Gasteiger partial charge in [-0.2, -0.15) is 0 Å². The molecule has 2 aliphatic carbocycles. The minimum atomic E-state index is -1.31. The molecule has 2 heterocycles. The second-order valence-electron chi connectivity index (χ2n) is 10.2. The van der Waals surface area contributed by atoms with Crippen LogP contribution in [0.2, 0.25) is 0 Å². The summed E-state index contributed by atoms with van der Waals surface area (Å²) in [5.41, 5.74) is 5.93. The first-order valence-electron chi connectivity index (χ1n) is 12.2. The molecule has 6 heteroatoms. The van der Waals surface area contributed by atoms with E-state index in [-0.39, 0.29) is 29.7 Å². The second-order valence-corrected chi connectivity index (χ2v) is 10.2. The lowest BCUT2D eigenvalue weighted by Crippen LogP contribution is -2.57. The molecule has 0 spiro atoms. The first kappa shape index (κ1) is 21.5. The zero-order valence-corrected chi connectivity index (χ0v) is 17.8. The fourth-order valence-electron chi connectivity index (χ4n) is 7.13. The van der Waals surface area contributed by atoms with Crippen molar-refractivity contribution in [1.29, 1.82) is 0 Å². The summed E-state index contributed by atoms with van der Waals surface area (Å²) >= 11 is 0. The van der Waals surface area contributed by atoms with Crippen LogP contribution in [0.15, 0.2) is 0 Å². The van der Waals surface area contributed by atoms with Crippen molar-refractivity contribution in [2.24, 2.45) is 41.2 Å². The van der Waals surface area contributed by atoms with E-state index in [0.29, 0.717) is 5.92 Å². The zero-order chi connectivity index (χ0) is 20.4. The Hall–Kier alpha value is -0.690. The Morgan fingerprint density at radius 3 is 2.48 bits per heavy atom. The second kappa shape index (κ2) is 9.63. The van der Waals surface area contributed by atoms with Gasteiger partial charge in [-0.15, -0.1) is 0 Å². The highest BCUT2D eigenvalue weighted by atomic mass is 16.5. The molecule has 166 valence electrons. The third kappa shape index (κ3) is 4.65. The molecular formula is C23H41N3O3. The molecule has 2 saturated carbocycles. The molecule has 6 atom stereocenters. The van der Waals surface area contributed by atoms with Crippen molar-refractivity contribution in [3.05, 3.63) is 0 Å². The zero-order valence-electron chi connectivity index (χ0n) is 17.8. The smallest absolute Gasteiger partial charge is 0.226 e. The van der Waals surface area contributed by atoms with Crippen LogP contribution in [0.1, 0.15) is 64.2 Å². The number of nitrogens with zero attached hydrogens (tertiary/aromatic N) is 1. The third-order valence-corrected chi connectivity index (χ3v) is 8.71. The third-order valence-electron chi connectivity index (χ3n) is 8.71. The van der Waals surface area contributed by atoms with Crippen molar-refractivity contribution in [2.75, 3.05) is 26.2 Å². The molecule has 0 radical (unpaired) electrons. The highest BCUT2D eigenvalue weighted by Crippen LogP contribution is 2.42. The first-order valence-corrected chi connectivity index (χ1v) is 12.2. The van der Waals surface area contributed by atoms with Crippen LogP contribution in [0.25, 0.3) is 0 Å². The number of aliphatic hydroxyl groups is 2. The summed E-state index contributed by atoms with van der Waals surface area (Å²) in [6.07, 6.45) is 9.85. The number of hydrogen-bond acceptors (Lipinski definition) is 5. The molecule has 0 aromatic carbocycles. The molecule has 2 aliphatic heterocycles. The Balaban J connectivity index is 1.36. The van der Waals surface area contributed by atoms with Gasteiger partial charge in [0.2, 0.25) is 5.91 Å². The van der Waals surface area contributed by atoms with Gasteiger partial charge in [-0.1, -0.05) is 19.3 Å². The van der Waals surface area contributed by atoms with E-state index in [1.165, 1.54) is 25.7 Å². The van der Waals surface area contributed by atoms with Crippen LogP contribution in [0, 0.1) is 35.5 Å². The maximum absolute atomic E-state index is 13.5. The molecule has 0 bridgehead atoms. The Kier molecular flexibility index (Phi) is 7.15. The predicted octanol–water partition coefficient (Wildman–Crippen LogP) is 1.70. The standard InChI is InChI=1S/C23H41N3O3/c24-14-15-3-1-4-17(13-15)16-8-11-26(12-9-16)22(27)18-7-10-25-20-6-2-5-19(21(18)20)23(28)29/h15-21,23,25,28-29H,1-14,24H2. The number of nitrogens with two attached hydrogens (primary N) is 1. The summed E-state index contributed by atoms with van der Waals surface area (Å²) in [6, 6.07) is 0.256. The van der Waals surface area contributed by atoms with Crippen LogP contribution < -0.4 is 11.1 Å². The van der Waals surface area contributed by atoms with Crippen molar-refractivity contribution in [3.63, 3.8) is 0 Å². The highest BCUT2D eigenvalue weighted by molar-refractivity contribution is 5.79. The predicted molar refractivity (Wildman–Crippen MR) is 113 cm³/mol. The van der Waals surface area contributed by atoms with Gasteiger partial charge >= 0.3 is 0 Å². The number of carbonyl (C=O) groups is 1. The summed E-state index contributed by atoms with van der Waals surface area (Å²) in [7, 11) is 0. The maximum atomic E-state index is 13.5. The number of nitrogens with one attached hydrogen (secondary N) is 1. The minimum Gasteiger partial charge on any atom is -0.368 e. The molecular weight excluding hydrogens is 366 g/mol. The van der Waals surface area contributed by atoms with Crippen LogP contribution in [0.3, 0.4) is 0 Å². The Labute approximate surface area is 175 Å². The van der Waals surface area contributed by atoms with E-state index < -0.39 is 6.29 Å². The molecule has 1 amide bonds. The molecule has 6 unspecified atom stereocenters. The number of amides is 1. The van der Waals surface area contributed by atoms with Gasteiger partial charge < -0.3 is 26.2 Å². The van der Waals surface area contributed by atoms with Crippen LogP contribution in [-0.2, 0) is 4.79 Å². The number of rotatable bonds is 4. The molecule has 4 rings (SSSR count). The normalized spacial score (nSPS) is 39.4. The number of aliphatic hydroxyl groups excluding tert-OH is 1. The van der Waals surface area contributed by atoms with Crippen molar-refractivity contribution in [3.8, 4) is 0 Å². The van der Waals surface area contributed by atoms with Crippen molar-refractivity contribution in [2.45, 2.75) is 76.5 Å². The van der Waals surface area contributed by atoms with Crippen molar-refractivity contribution >= 4 is 5.91 Å². The molecule has 2 saturated heterocycles. The number of hydrogen-bond donors (Lipinski definition) is 4. The maximum Gasteiger partial charge on any atom is 0.226 e. The van der Waals surface area contributed by atoms with Gasteiger partial charge in [-0.05, 0) is 81.7 Å². The van der Waals surface area contributed by atoms with Gasteiger partial charge in [0, 0.05) is 31.0 Å². The van der Waals surface area contributed by atoms with Crippen LogP contribution in [-0.4, -0.2) is 59.5 Å². The number of likely N-dealkylation sites (tertiary alicyclic amines) is 1. The quantitative estimate of drug-likeness (QED) is 0.532. The van der Waals surface area contributed by atoms with Crippen molar-refractivity contribution in [1.82, 2.24) is 10.2 Å². The summed E-state index contributed by atoms with van der Waals surface area (Å²) in [5.74, 6) is 2.35. The molecule has 4 fully saturated rings. The molecule has 29 heavy (non-hydrogen) atoms. The van der Waals surface area contributed by atoms with Gasteiger partial charge in [0.25, 0.3) is 0 Å². The van der Waals surface area contributed by atoms with Gasteiger partial charge in [-0.3, -0.25) is 4.79 Å². The van der Waals surface area contributed by atoms with Crippen LogP contribution in [0.4, 0.5) is 0 Å². The van der Waals surface area contributed by atoms with E-state index in [0.717, 1.165) is 76.5 Å². The minimum absolute atomic E-state index is 0.0544. The first-order chi connectivity index (χ1) is 14.1. The van der Waals surface area contributed by atoms with E-state index in [9.17, 15) is 15.0 Å². The lowest BCUT2D eigenvalue weighted by Gasteiger charge is -2.48. The molecule has 5 N–H and O–H groups in total. The average Bonchev–Trinajstić information content (AvgIpc) is 2.77. The summed E-state index contributed by atoms with van der Waals surface area (Å²) in [4.78, 5) is 15.6. The fraction of sp³-hybridized carbons (Fsp3) is 0.957. The summed E-state index contributed by atoms with van der Waals surface area (Å²) < 4.78 is 0. The monoisotopic (exact) mass is 407 g/mol. The Morgan fingerprint density at radius 1 is 1.00 bits per heavy atom. The summed E-state index contributed by atoms with van der Waals surface area (Å²) in [5, 5.41) is 23.4. The van der Waals surface area contributed by atoms with Gasteiger partial charge in [0.05, 0.1) is 0 Å². The molecule has 0 aromatic rings. The van der Waals surface area contributed by atoms with E-state index in [1.807, 2.05) is 0 Å². The molecule has 0 aromatic heterocycles. The summed E-state index contributed by atoms with van der Waals surface area (Å²) in [6.45, 7) is 3.44. The Morgan fingerprint density at radius 2 is 1.76 bits per heavy atom. The SMILES string of the molecule is NCC1CCCC(C2CCN(C(=O)C3CCNC4CCCC(C(O)O)C43)CC2)C1. The lowest BCUT2D eigenvalue weighted by atomic mass is 9.66. The van der Waals surface area contributed by atoms with Crippen molar-refractivity contribution < 1.29 is 15.0 Å². The Bertz CT molecular complexity index is 547. The number of carbonyl (C=O) groups excluding carboxylic acids is 1. The van der Waals surface area contributed by atoms with E-state index in [2.05, 4.69) is 10.2 Å². The van der Waals surface area contributed by atoms with Gasteiger partial charge in [0.15, 0.2) is 6.29 Å². The molecule has 6 nitrogen and oxygen atoms in total. The largest absolute Gasteiger partial charge is 0.368 e. The van der Waals surface area contributed by atoms with Gasteiger partial charge in [0.1, 0.15) is 0 Å². The van der Waals surface area contributed by atoms with E-state index >= 15 is 0 Å². The fourth-order valence-corrected chi connectivity index (χ4v) is 7.13. The van der Waals surface area contributed by atoms with Crippen LogP contribution in [0.5, 0.6) is 0 Å². The van der Waals surface area contributed by atoms with E-state index in [4.69, 9.17) is 5.73 Å². The number of fused-ring (bicyclic) bond motifs is 1. The number of piperidine rings is 2. The lowest BCUT2D eigenvalue weighted by molar-refractivity contribution is -0.153. The highest BCUT2D eigenvalue weighted by Gasteiger charge is 2.47. The van der Waals surface area contributed by atoms with Gasteiger partial charge in [-0.25, -0.2) is 0 Å². The molecule has 4 aliphatic rings. The van der Waals surface area contributed by atoms with E-state index in [1.54, 1.807) is 0 Å².